The maximum Gasteiger partial charge on any atom is 0.321 e. The number of nitrogens with one attached hydrogen (secondary N) is 1. The van der Waals surface area contributed by atoms with Gasteiger partial charge in [0.2, 0.25) is 0 Å². The third-order valence-electron chi connectivity index (χ3n) is 2.90. The van der Waals surface area contributed by atoms with Crippen LogP contribution < -0.4 is 5.32 Å². The third-order valence-corrected chi connectivity index (χ3v) is 4.22. The van der Waals surface area contributed by atoms with E-state index in [-0.39, 0.29) is 18.4 Å². The first-order chi connectivity index (χ1) is 8.97. The number of amides is 2. The molecule has 0 aromatic heterocycles. The van der Waals surface area contributed by atoms with Crippen LogP contribution in [0.2, 0.25) is 0 Å². The van der Waals surface area contributed by atoms with Crippen molar-refractivity contribution >= 4 is 49.5 Å². The van der Waals surface area contributed by atoms with E-state index >= 15 is 0 Å². The summed E-state index contributed by atoms with van der Waals surface area (Å²) in [6.45, 7) is 0.973. The molecule has 0 spiro atoms. The summed E-state index contributed by atoms with van der Waals surface area (Å²) in [6.07, 6.45) is 0.114. The lowest BCUT2D eigenvalue weighted by molar-refractivity contribution is -0.139. The Hall–Kier alpha value is -1.08. The number of rotatable bonds is 3. The molecule has 0 saturated carbocycles. The highest BCUT2D eigenvalue weighted by molar-refractivity contribution is 9.11. The minimum absolute atomic E-state index is 0.0610. The van der Waals surface area contributed by atoms with Crippen LogP contribution in [-0.2, 0) is 4.79 Å². The molecule has 1 aliphatic rings. The van der Waals surface area contributed by atoms with Crippen LogP contribution in [0.3, 0.4) is 0 Å². The van der Waals surface area contributed by atoms with E-state index in [9.17, 15) is 9.59 Å². The van der Waals surface area contributed by atoms with Crippen LogP contribution in [0.1, 0.15) is 6.42 Å². The zero-order valence-electron chi connectivity index (χ0n) is 9.90. The number of benzene rings is 1. The van der Waals surface area contributed by atoms with Crippen LogP contribution in [0.5, 0.6) is 0 Å². The SMILES string of the molecule is O=C(O)CC1CN(C(=O)Nc2c(Br)cccc2Br)C1. The highest BCUT2D eigenvalue weighted by Gasteiger charge is 2.32. The molecule has 2 N–H and O–H groups in total. The van der Waals surface area contributed by atoms with Gasteiger partial charge in [0.1, 0.15) is 0 Å². The molecule has 0 atom stereocenters. The van der Waals surface area contributed by atoms with Crippen molar-refractivity contribution in [3.63, 3.8) is 0 Å². The molecule has 0 aliphatic carbocycles. The van der Waals surface area contributed by atoms with Crippen LogP contribution in [0.4, 0.5) is 10.5 Å². The van der Waals surface area contributed by atoms with Gasteiger partial charge in [0, 0.05) is 28.0 Å². The number of carbonyl (C=O) groups is 2. The number of urea groups is 1. The molecule has 2 amide bonds. The van der Waals surface area contributed by atoms with Crippen LogP contribution in [0.15, 0.2) is 27.1 Å². The summed E-state index contributed by atoms with van der Waals surface area (Å²) in [5.74, 6) is -0.760. The maximum atomic E-state index is 12.0. The number of halogens is 2. The molecule has 1 heterocycles. The van der Waals surface area contributed by atoms with E-state index < -0.39 is 5.97 Å². The van der Waals surface area contributed by atoms with Gasteiger partial charge in [-0.1, -0.05) is 6.07 Å². The van der Waals surface area contributed by atoms with E-state index in [1.165, 1.54) is 0 Å². The molecule has 19 heavy (non-hydrogen) atoms. The average molecular weight is 392 g/mol. The van der Waals surface area contributed by atoms with E-state index in [0.29, 0.717) is 18.8 Å². The van der Waals surface area contributed by atoms with E-state index in [2.05, 4.69) is 37.2 Å². The van der Waals surface area contributed by atoms with Gasteiger partial charge in [-0.15, -0.1) is 0 Å². The smallest absolute Gasteiger partial charge is 0.321 e. The van der Waals surface area contributed by atoms with Crippen molar-refractivity contribution in [1.29, 1.82) is 0 Å². The van der Waals surface area contributed by atoms with E-state index in [1.807, 2.05) is 18.2 Å². The maximum absolute atomic E-state index is 12.0. The molecule has 0 radical (unpaired) electrons. The van der Waals surface area contributed by atoms with Gasteiger partial charge >= 0.3 is 12.0 Å². The Kier molecular flexibility index (Phi) is 4.46. The van der Waals surface area contributed by atoms with Gasteiger partial charge in [-0.3, -0.25) is 4.79 Å². The molecule has 1 aromatic carbocycles. The van der Waals surface area contributed by atoms with Gasteiger partial charge in [0.25, 0.3) is 0 Å². The predicted molar refractivity (Wildman–Crippen MR) is 78.2 cm³/mol. The Morgan fingerprint density at radius 1 is 1.32 bits per heavy atom. The number of hydrogen-bond donors (Lipinski definition) is 2. The number of likely N-dealkylation sites (tertiary alicyclic amines) is 1. The quantitative estimate of drug-likeness (QED) is 0.831. The molecule has 1 saturated heterocycles. The lowest BCUT2D eigenvalue weighted by Crippen LogP contribution is -2.52. The minimum atomic E-state index is -0.821. The summed E-state index contributed by atoms with van der Waals surface area (Å²) in [7, 11) is 0. The number of para-hydroxylation sites is 1. The first kappa shape index (κ1) is 14.3. The van der Waals surface area contributed by atoms with Gasteiger partial charge in [0.05, 0.1) is 12.1 Å². The summed E-state index contributed by atoms with van der Waals surface area (Å²) < 4.78 is 1.58. The average Bonchev–Trinajstić information content (AvgIpc) is 2.27. The Morgan fingerprint density at radius 2 is 1.89 bits per heavy atom. The standard InChI is InChI=1S/C12H12Br2N2O3/c13-8-2-1-3-9(14)11(8)15-12(19)16-5-7(6-16)4-10(17)18/h1-3,7H,4-6H2,(H,15,19)(H,17,18). The van der Waals surface area contributed by atoms with Gasteiger partial charge in [-0.25, -0.2) is 4.79 Å². The summed E-state index contributed by atoms with van der Waals surface area (Å²) in [5, 5.41) is 11.5. The molecule has 7 heteroatoms. The molecule has 1 fully saturated rings. The summed E-state index contributed by atoms with van der Waals surface area (Å²) in [6, 6.07) is 5.32. The van der Waals surface area contributed by atoms with Crippen molar-refractivity contribution in [3.8, 4) is 0 Å². The van der Waals surface area contributed by atoms with Crippen LogP contribution in [-0.4, -0.2) is 35.1 Å². The van der Waals surface area contributed by atoms with Crippen molar-refractivity contribution in [2.75, 3.05) is 18.4 Å². The van der Waals surface area contributed by atoms with E-state index in [0.717, 1.165) is 8.95 Å². The second-order valence-electron chi connectivity index (χ2n) is 4.40. The van der Waals surface area contributed by atoms with Gasteiger partial charge in [-0.2, -0.15) is 0 Å². The predicted octanol–water partition coefficient (Wildman–Crippen LogP) is 3.15. The minimum Gasteiger partial charge on any atom is -0.481 e. The first-order valence-electron chi connectivity index (χ1n) is 5.69. The van der Waals surface area contributed by atoms with Crippen LogP contribution >= 0.6 is 31.9 Å². The summed E-state index contributed by atoms with van der Waals surface area (Å²) in [5.41, 5.74) is 0.675. The van der Waals surface area contributed by atoms with Gasteiger partial charge < -0.3 is 15.3 Å². The van der Waals surface area contributed by atoms with Crippen molar-refractivity contribution in [2.24, 2.45) is 5.92 Å². The lowest BCUT2D eigenvalue weighted by Gasteiger charge is -2.38. The molecular formula is C12H12Br2N2O3. The summed E-state index contributed by atoms with van der Waals surface area (Å²) >= 11 is 6.74. The topological polar surface area (TPSA) is 69.6 Å². The zero-order chi connectivity index (χ0) is 14.0. The molecule has 2 rings (SSSR count). The van der Waals surface area contributed by atoms with Crippen molar-refractivity contribution in [1.82, 2.24) is 4.90 Å². The molecule has 1 aromatic rings. The monoisotopic (exact) mass is 390 g/mol. The van der Waals surface area contributed by atoms with Crippen molar-refractivity contribution in [2.45, 2.75) is 6.42 Å². The molecule has 0 bridgehead atoms. The zero-order valence-corrected chi connectivity index (χ0v) is 13.1. The van der Waals surface area contributed by atoms with Crippen molar-refractivity contribution < 1.29 is 14.7 Å². The van der Waals surface area contributed by atoms with Gasteiger partial charge in [0.15, 0.2) is 0 Å². The number of carboxylic acid groups (broad SMARTS) is 1. The molecule has 0 unspecified atom stereocenters. The second-order valence-corrected chi connectivity index (χ2v) is 6.10. The van der Waals surface area contributed by atoms with Crippen LogP contribution in [0.25, 0.3) is 0 Å². The molecule has 102 valence electrons. The number of carbonyl (C=O) groups excluding carboxylic acids is 1. The van der Waals surface area contributed by atoms with E-state index in [4.69, 9.17) is 5.11 Å². The Labute approximate surface area is 127 Å². The van der Waals surface area contributed by atoms with Crippen LogP contribution in [0, 0.1) is 5.92 Å². The third kappa shape index (κ3) is 3.48. The number of hydrogen-bond acceptors (Lipinski definition) is 2. The highest BCUT2D eigenvalue weighted by atomic mass is 79.9. The number of nitrogens with zero attached hydrogens (tertiary/aromatic N) is 1. The molecular weight excluding hydrogens is 380 g/mol. The normalized spacial score (nSPS) is 14.9. The second kappa shape index (κ2) is 5.92. The molecule has 5 nitrogen and oxygen atoms in total. The highest BCUT2D eigenvalue weighted by Crippen LogP contribution is 2.31. The Bertz CT molecular complexity index is 495. The van der Waals surface area contributed by atoms with E-state index in [1.54, 1.807) is 4.90 Å². The Balaban J connectivity index is 1.91. The largest absolute Gasteiger partial charge is 0.481 e. The number of carboxylic acids is 1. The first-order valence-corrected chi connectivity index (χ1v) is 7.27. The molecule has 1 aliphatic heterocycles. The lowest BCUT2D eigenvalue weighted by atomic mass is 9.97. The summed E-state index contributed by atoms with van der Waals surface area (Å²) in [4.78, 5) is 24.1. The van der Waals surface area contributed by atoms with Crippen molar-refractivity contribution in [3.05, 3.63) is 27.1 Å². The van der Waals surface area contributed by atoms with Gasteiger partial charge in [-0.05, 0) is 44.0 Å². The number of anilines is 1. The number of aliphatic carboxylic acids is 1. The fraction of sp³-hybridized carbons (Fsp3) is 0.333. The fourth-order valence-electron chi connectivity index (χ4n) is 1.91. The fourth-order valence-corrected chi connectivity index (χ4v) is 3.11. The Morgan fingerprint density at radius 3 is 2.42 bits per heavy atom.